The number of hydrogen-bond donors (Lipinski definition) is 1. The highest BCUT2D eigenvalue weighted by Crippen LogP contribution is 2.29. The van der Waals surface area contributed by atoms with Crippen molar-refractivity contribution >= 4 is 16.5 Å². The van der Waals surface area contributed by atoms with Crippen LogP contribution in [0, 0.1) is 5.82 Å². The zero-order valence-corrected chi connectivity index (χ0v) is 9.43. The second-order valence-corrected chi connectivity index (χ2v) is 4.82. The molecule has 4 heteroatoms. The molecule has 16 heavy (non-hydrogen) atoms. The van der Waals surface area contributed by atoms with Crippen molar-refractivity contribution in [3.63, 3.8) is 0 Å². The third kappa shape index (κ3) is 2.07. The molecule has 1 N–H and O–H groups in total. The minimum absolute atomic E-state index is 0.220. The molecule has 2 aromatic rings. The Labute approximate surface area is 97.2 Å². The molecule has 0 spiro atoms. The van der Waals surface area contributed by atoms with Crippen LogP contribution in [-0.2, 0) is 0 Å². The number of thiazole rings is 1. The van der Waals surface area contributed by atoms with E-state index in [9.17, 15) is 4.39 Å². The standard InChI is InChI=1S/C12H11FN2S/c13-9-3-1-2-8(6-9)11-7-16-12(15-11)14-10-4-5-10/h1-3,6-7,10H,4-5H2,(H,14,15). The molecule has 1 aliphatic carbocycles. The Morgan fingerprint density at radius 2 is 2.25 bits per heavy atom. The quantitative estimate of drug-likeness (QED) is 0.878. The van der Waals surface area contributed by atoms with E-state index < -0.39 is 0 Å². The number of benzene rings is 1. The van der Waals surface area contributed by atoms with E-state index in [2.05, 4.69) is 10.3 Å². The van der Waals surface area contributed by atoms with Gasteiger partial charge in [-0.15, -0.1) is 11.3 Å². The highest BCUT2D eigenvalue weighted by molar-refractivity contribution is 7.14. The molecule has 1 aromatic carbocycles. The summed E-state index contributed by atoms with van der Waals surface area (Å²) < 4.78 is 13.0. The zero-order valence-electron chi connectivity index (χ0n) is 8.61. The molecule has 3 rings (SSSR count). The molecule has 0 atom stereocenters. The van der Waals surface area contributed by atoms with Gasteiger partial charge in [0.05, 0.1) is 5.69 Å². The Balaban J connectivity index is 1.85. The fourth-order valence-corrected chi connectivity index (χ4v) is 2.32. The zero-order chi connectivity index (χ0) is 11.0. The molecule has 0 amide bonds. The van der Waals surface area contributed by atoms with Crippen LogP contribution in [0.3, 0.4) is 0 Å². The van der Waals surface area contributed by atoms with Crippen LogP contribution in [0.2, 0.25) is 0 Å². The van der Waals surface area contributed by atoms with Gasteiger partial charge in [-0.3, -0.25) is 0 Å². The predicted octanol–water partition coefficient (Wildman–Crippen LogP) is 3.52. The van der Waals surface area contributed by atoms with Crippen molar-refractivity contribution in [3.8, 4) is 11.3 Å². The number of aromatic nitrogens is 1. The smallest absolute Gasteiger partial charge is 0.183 e. The van der Waals surface area contributed by atoms with E-state index in [4.69, 9.17) is 0 Å². The van der Waals surface area contributed by atoms with E-state index in [1.807, 2.05) is 11.4 Å². The molecular formula is C12H11FN2S. The summed E-state index contributed by atoms with van der Waals surface area (Å²) >= 11 is 1.57. The number of halogens is 1. The minimum atomic E-state index is -0.220. The van der Waals surface area contributed by atoms with Crippen LogP contribution in [-0.4, -0.2) is 11.0 Å². The molecule has 82 valence electrons. The van der Waals surface area contributed by atoms with E-state index in [0.29, 0.717) is 6.04 Å². The van der Waals surface area contributed by atoms with Gasteiger partial charge in [-0.25, -0.2) is 9.37 Å². The van der Waals surface area contributed by atoms with Gasteiger partial charge < -0.3 is 5.32 Å². The van der Waals surface area contributed by atoms with Crippen LogP contribution >= 0.6 is 11.3 Å². The molecule has 0 aliphatic heterocycles. The lowest BCUT2D eigenvalue weighted by atomic mass is 10.2. The maximum Gasteiger partial charge on any atom is 0.183 e. The van der Waals surface area contributed by atoms with Gasteiger partial charge in [0.15, 0.2) is 5.13 Å². The lowest BCUT2D eigenvalue weighted by molar-refractivity contribution is 0.628. The van der Waals surface area contributed by atoms with Gasteiger partial charge >= 0.3 is 0 Å². The van der Waals surface area contributed by atoms with E-state index in [0.717, 1.165) is 16.4 Å². The van der Waals surface area contributed by atoms with E-state index in [1.165, 1.54) is 25.0 Å². The van der Waals surface area contributed by atoms with Crippen molar-refractivity contribution in [2.75, 3.05) is 5.32 Å². The van der Waals surface area contributed by atoms with Gasteiger partial charge in [-0.05, 0) is 25.0 Å². The Bertz CT molecular complexity index is 505. The third-order valence-corrected chi connectivity index (χ3v) is 3.30. The van der Waals surface area contributed by atoms with Gasteiger partial charge in [0.25, 0.3) is 0 Å². The summed E-state index contributed by atoms with van der Waals surface area (Å²) in [6.07, 6.45) is 2.46. The van der Waals surface area contributed by atoms with Crippen LogP contribution in [0.25, 0.3) is 11.3 Å². The van der Waals surface area contributed by atoms with Gasteiger partial charge in [0, 0.05) is 17.0 Å². The summed E-state index contributed by atoms with van der Waals surface area (Å²) in [4.78, 5) is 4.44. The predicted molar refractivity (Wildman–Crippen MR) is 64.2 cm³/mol. The fourth-order valence-electron chi connectivity index (χ4n) is 1.52. The largest absolute Gasteiger partial charge is 0.359 e. The molecule has 0 bridgehead atoms. The maximum atomic E-state index is 13.0. The Hall–Kier alpha value is -1.42. The summed E-state index contributed by atoms with van der Waals surface area (Å²) in [5, 5.41) is 6.22. The first-order valence-electron chi connectivity index (χ1n) is 5.29. The maximum absolute atomic E-state index is 13.0. The van der Waals surface area contributed by atoms with E-state index in [1.54, 1.807) is 17.4 Å². The molecule has 1 heterocycles. The van der Waals surface area contributed by atoms with Crippen molar-refractivity contribution in [3.05, 3.63) is 35.5 Å². The highest BCUT2D eigenvalue weighted by Gasteiger charge is 2.22. The molecule has 0 saturated heterocycles. The number of nitrogens with one attached hydrogen (secondary N) is 1. The summed E-state index contributed by atoms with van der Waals surface area (Å²) in [5.74, 6) is -0.220. The summed E-state index contributed by atoms with van der Waals surface area (Å²) in [5.41, 5.74) is 1.67. The van der Waals surface area contributed by atoms with Crippen LogP contribution in [0.15, 0.2) is 29.6 Å². The summed E-state index contributed by atoms with van der Waals surface area (Å²) in [6, 6.07) is 7.14. The van der Waals surface area contributed by atoms with Crippen molar-refractivity contribution < 1.29 is 4.39 Å². The molecule has 1 saturated carbocycles. The fraction of sp³-hybridized carbons (Fsp3) is 0.250. The average Bonchev–Trinajstić information content (AvgIpc) is 2.94. The van der Waals surface area contributed by atoms with Crippen molar-refractivity contribution in [2.24, 2.45) is 0 Å². The van der Waals surface area contributed by atoms with Crippen LogP contribution in [0.4, 0.5) is 9.52 Å². The first kappa shape index (κ1) is 9.78. The SMILES string of the molecule is Fc1cccc(-c2csc(NC3CC3)n2)c1. The summed E-state index contributed by atoms with van der Waals surface area (Å²) in [7, 11) is 0. The summed E-state index contributed by atoms with van der Waals surface area (Å²) in [6.45, 7) is 0. The second kappa shape index (κ2) is 3.87. The molecule has 1 aliphatic rings. The normalized spacial score (nSPS) is 15.1. The van der Waals surface area contributed by atoms with E-state index >= 15 is 0 Å². The third-order valence-electron chi connectivity index (χ3n) is 2.53. The topological polar surface area (TPSA) is 24.9 Å². The second-order valence-electron chi connectivity index (χ2n) is 3.97. The molecule has 1 fully saturated rings. The highest BCUT2D eigenvalue weighted by atomic mass is 32.1. The first-order valence-corrected chi connectivity index (χ1v) is 6.17. The number of nitrogens with zero attached hydrogens (tertiary/aromatic N) is 1. The molecule has 2 nitrogen and oxygen atoms in total. The van der Waals surface area contributed by atoms with Gasteiger partial charge in [0.1, 0.15) is 5.82 Å². The van der Waals surface area contributed by atoms with E-state index in [-0.39, 0.29) is 5.82 Å². The minimum Gasteiger partial charge on any atom is -0.359 e. The Morgan fingerprint density at radius 3 is 3.00 bits per heavy atom. The number of rotatable bonds is 3. The van der Waals surface area contributed by atoms with Crippen molar-refractivity contribution in [1.82, 2.24) is 4.98 Å². The Kier molecular flexibility index (Phi) is 2.36. The lowest BCUT2D eigenvalue weighted by Gasteiger charge is -1.98. The number of anilines is 1. The van der Waals surface area contributed by atoms with Crippen molar-refractivity contribution in [2.45, 2.75) is 18.9 Å². The lowest BCUT2D eigenvalue weighted by Crippen LogP contribution is -1.99. The monoisotopic (exact) mass is 234 g/mol. The Morgan fingerprint density at radius 1 is 1.38 bits per heavy atom. The molecular weight excluding hydrogens is 223 g/mol. The van der Waals surface area contributed by atoms with Gasteiger partial charge in [0.2, 0.25) is 0 Å². The van der Waals surface area contributed by atoms with Crippen LogP contribution in [0.1, 0.15) is 12.8 Å². The van der Waals surface area contributed by atoms with Gasteiger partial charge in [-0.1, -0.05) is 12.1 Å². The first-order chi connectivity index (χ1) is 7.81. The molecule has 0 unspecified atom stereocenters. The van der Waals surface area contributed by atoms with Crippen LogP contribution < -0.4 is 5.32 Å². The van der Waals surface area contributed by atoms with Crippen LogP contribution in [0.5, 0.6) is 0 Å². The number of hydrogen-bond acceptors (Lipinski definition) is 3. The molecule has 1 aromatic heterocycles. The van der Waals surface area contributed by atoms with Gasteiger partial charge in [-0.2, -0.15) is 0 Å². The van der Waals surface area contributed by atoms with Crippen molar-refractivity contribution in [1.29, 1.82) is 0 Å². The average molecular weight is 234 g/mol. The molecule has 0 radical (unpaired) electrons.